The minimum atomic E-state index is -0.901. The van der Waals surface area contributed by atoms with Gasteiger partial charge in [0, 0.05) is 41.9 Å². The number of fused-ring (bicyclic) bond motifs is 2. The summed E-state index contributed by atoms with van der Waals surface area (Å²) in [6, 6.07) is 12.0. The molecule has 0 fully saturated rings. The lowest BCUT2D eigenvalue weighted by molar-refractivity contribution is -0.137. The summed E-state index contributed by atoms with van der Waals surface area (Å²) in [5.74, 6) is -2.19. The molecule has 1 aliphatic heterocycles. The van der Waals surface area contributed by atoms with Crippen LogP contribution in [0, 0.1) is 17.5 Å². The number of esters is 1. The largest absolute Gasteiger partial charge is 0.493 e. The number of carbonyl (C=O) groups excluding carboxylic acids is 1. The predicted octanol–water partition coefficient (Wildman–Crippen LogP) is 6.84. The van der Waals surface area contributed by atoms with E-state index in [1.165, 1.54) is 35.2 Å². The fourth-order valence-electron chi connectivity index (χ4n) is 5.27. The molecule has 1 atom stereocenters. The van der Waals surface area contributed by atoms with E-state index in [1.54, 1.807) is 20.0 Å². The summed E-state index contributed by atoms with van der Waals surface area (Å²) in [5.41, 5.74) is 1.13. The number of hydrogen-bond acceptors (Lipinski definition) is 6. The maximum absolute atomic E-state index is 15.2. The predicted molar refractivity (Wildman–Crippen MR) is 153 cm³/mol. The van der Waals surface area contributed by atoms with E-state index in [9.17, 15) is 9.18 Å². The van der Waals surface area contributed by atoms with Gasteiger partial charge in [0.05, 0.1) is 29.7 Å². The maximum Gasteiger partial charge on any atom is 0.330 e. The van der Waals surface area contributed by atoms with E-state index in [4.69, 9.17) is 19.2 Å². The Morgan fingerprint density at radius 3 is 2.81 bits per heavy atom. The molecule has 220 valence electrons. The van der Waals surface area contributed by atoms with Crippen molar-refractivity contribution < 1.29 is 32.2 Å². The van der Waals surface area contributed by atoms with Crippen molar-refractivity contribution in [3.8, 4) is 28.6 Å². The third kappa shape index (κ3) is 5.00. The Bertz CT molecular complexity index is 1900. The number of halogens is 3. The van der Waals surface area contributed by atoms with Crippen molar-refractivity contribution in [2.24, 2.45) is 7.05 Å². The molecule has 0 bridgehead atoms. The quantitative estimate of drug-likeness (QED) is 0.165. The molecule has 8 nitrogen and oxygen atoms in total. The molecule has 11 heteroatoms. The second kappa shape index (κ2) is 11.0. The molecule has 6 rings (SSSR count). The third-order valence-electron chi connectivity index (χ3n) is 7.53. The number of aromatic amines is 1. The van der Waals surface area contributed by atoms with E-state index in [0.29, 0.717) is 35.7 Å². The van der Waals surface area contributed by atoms with Gasteiger partial charge in [-0.2, -0.15) is 5.10 Å². The van der Waals surface area contributed by atoms with Crippen molar-refractivity contribution in [1.82, 2.24) is 19.7 Å². The van der Waals surface area contributed by atoms with E-state index in [1.807, 2.05) is 25.1 Å². The Balaban J connectivity index is 1.35. The van der Waals surface area contributed by atoms with Gasteiger partial charge in [-0.15, -0.1) is 0 Å². The van der Waals surface area contributed by atoms with Gasteiger partial charge in [0.1, 0.15) is 17.3 Å². The van der Waals surface area contributed by atoms with Crippen LogP contribution in [0.1, 0.15) is 37.2 Å². The monoisotopic (exact) mass is 588 g/mol. The van der Waals surface area contributed by atoms with E-state index in [-0.39, 0.29) is 29.1 Å². The number of ether oxygens (including phenoxy) is 3. The van der Waals surface area contributed by atoms with Crippen LogP contribution < -0.4 is 9.47 Å². The van der Waals surface area contributed by atoms with Crippen LogP contribution in [0.25, 0.3) is 28.4 Å². The molecule has 2 aromatic heterocycles. The van der Waals surface area contributed by atoms with Crippen molar-refractivity contribution in [2.45, 2.75) is 25.7 Å². The summed E-state index contributed by atoms with van der Waals surface area (Å²) >= 11 is 0. The van der Waals surface area contributed by atoms with Crippen LogP contribution in [0.2, 0.25) is 0 Å². The first-order valence-corrected chi connectivity index (χ1v) is 13.6. The van der Waals surface area contributed by atoms with Gasteiger partial charge < -0.3 is 19.2 Å². The Morgan fingerprint density at radius 1 is 1.16 bits per heavy atom. The van der Waals surface area contributed by atoms with Crippen LogP contribution in [-0.4, -0.2) is 38.9 Å². The number of aryl methyl sites for hydroxylation is 1. The zero-order valence-corrected chi connectivity index (χ0v) is 23.6. The van der Waals surface area contributed by atoms with Gasteiger partial charge in [0.25, 0.3) is 0 Å². The van der Waals surface area contributed by atoms with Crippen LogP contribution >= 0.6 is 0 Å². The van der Waals surface area contributed by atoms with Crippen LogP contribution in [0.5, 0.6) is 17.2 Å². The molecule has 0 spiro atoms. The van der Waals surface area contributed by atoms with Crippen LogP contribution in [-0.2, 0) is 22.0 Å². The summed E-state index contributed by atoms with van der Waals surface area (Å²) in [7, 11) is 1.64. The molecular formula is C32H27F3N4O4. The molecule has 0 radical (unpaired) electrons. The molecule has 3 heterocycles. The van der Waals surface area contributed by atoms with Gasteiger partial charge >= 0.3 is 5.97 Å². The molecule has 5 aromatic rings. The molecule has 0 aliphatic carbocycles. The molecule has 1 aliphatic rings. The summed E-state index contributed by atoms with van der Waals surface area (Å²) < 4.78 is 63.0. The molecule has 0 saturated heterocycles. The van der Waals surface area contributed by atoms with E-state index < -0.39 is 34.6 Å². The van der Waals surface area contributed by atoms with Gasteiger partial charge in [-0.1, -0.05) is 18.2 Å². The van der Waals surface area contributed by atoms with E-state index >= 15 is 8.78 Å². The van der Waals surface area contributed by atoms with Gasteiger partial charge in [-0.3, -0.25) is 0 Å². The fourth-order valence-corrected chi connectivity index (χ4v) is 5.27. The van der Waals surface area contributed by atoms with Crippen molar-refractivity contribution in [2.75, 3.05) is 13.2 Å². The number of nitrogens with zero attached hydrogens (tertiary/aromatic N) is 3. The molecule has 0 unspecified atom stereocenters. The minimum Gasteiger partial charge on any atom is -0.493 e. The number of carbonyl (C=O) groups is 1. The number of hydrogen-bond donors (Lipinski definition) is 1. The molecule has 43 heavy (non-hydrogen) atoms. The molecule has 0 saturated carbocycles. The zero-order valence-electron chi connectivity index (χ0n) is 23.6. The normalized spacial score (nSPS) is 16.3. The lowest BCUT2D eigenvalue weighted by atomic mass is 9.76. The number of benzene rings is 3. The minimum absolute atomic E-state index is 0.0225. The van der Waals surface area contributed by atoms with Gasteiger partial charge in [-0.25, -0.2) is 27.6 Å². The highest BCUT2D eigenvalue weighted by atomic mass is 19.1. The maximum atomic E-state index is 15.2. The number of nitrogens with one attached hydrogen (secondary N) is 1. The Labute approximate surface area is 244 Å². The summed E-state index contributed by atoms with van der Waals surface area (Å²) in [6.45, 7) is 4.34. The Morgan fingerprint density at radius 2 is 2.00 bits per heavy atom. The molecule has 0 amide bonds. The average Bonchev–Trinajstić information content (AvgIpc) is 3.62. The number of para-hydroxylation sites is 1. The van der Waals surface area contributed by atoms with Crippen molar-refractivity contribution in [3.05, 3.63) is 95.2 Å². The highest BCUT2D eigenvalue weighted by Gasteiger charge is 2.40. The van der Waals surface area contributed by atoms with Crippen molar-refractivity contribution >= 4 is 22.9 Å². The van der Waals surface area contributed by atoms with Crippen LogP contribution in [0.3, 0.4) is 0 Å². The molecular weight excluding hydrogens is 561 g/mol. The average molecular weight is 589 g/mol. The summed E-state index contributed by atoms with van der Waals surface area (Å²) in [5, 5.41) is 4.82. The van der Waals surface area contributed by atoms with E-state index in [2.05, 4.69) is 10.1 Å². The third-order valence-corrected chi connectivity index (χ3v) is 7.53. The topological polar surface area (TPSA) is 91.3 Å². The summed E-state index contributed by atoms with van der Waals surface area (Å²) in [6.07, 6.45) is 5.02. The highest BCUT2D eigenvalue weighted by Crippen LogP contribution is 2.45. The Hall–Kier alpha value is -5.06. The van der Waals surface area contributed by atoms with Crippen molar-refractivity contribution in [1.29, 1.82) is 0 Å². The smallest absolute Gasteiger partial charge is 0.330 e. The second-order valence-electron chi connectivity index (χ2n) is 10.3. The van der Waals surface area contributed by atoms with E-state index in [0.717, 1.165) is 17.7 Å². The molecule has 3 aromatic carbocycles. The number of aromatic nitrogens is 4. The SMILES string of the molecule is CCOC(=O)/C=C/c1cccc2c1OCC[C@@]2(C)c1nc(-c2cc(Oc3c(F)cc4[nH]ccc4c3F)ccc2F)n(C)n1. The highest BCUT2D eigenvalue weighted by molar-refractivity contribution is 5.88. The lowest BCUT2D eigenvalue weighted by Gasteiger charge is -2.34. The first kappa shape index (κ1) is 28.1. The van der Waals surface area contributed by atoms with Crippen LogP contribution in [0.15, 0.2) is 60.8 Å². The molecule has 1 N–H and O–H groups in total. The van der Waals surface area contributed by atoms with Gasteiger partial charge in [-0.05, 0) is 50.6 Å². The Kier molecular flexibility index (Phi) is 7.17. The van der Waals surface area contributed by atoms with Crippen molar-refractivity contribution in [3.63, 3.8) is 0 Å². The first-order chi connectivity index (χ1) is 20.7. The summed E-state index contributed by atoms with van der Waals surface area (Å²) in [4.78, 5) is 19.4. The van der Waals surface area contributed by atoms with Crippen LogP contribution in [0.4, 0.5) is 13.2 Å². The van der Waals surface area contributed by atoms with Gasteiger partial charge in [0.2, 0.25) is 0 Å². The first-order valence-electron chi connectivity index (χ1n) is 13.6. The van der Waals surface area contributed by atoms with Gasteiger partial charge in [0.15, 0.2) is 29.0 Å². The number of rotatable bonds is 7. The number of H-pyrrole nitrogens is 1. The zero-order chi connectivity index (χ0) is 30.3. The lowest BCUT2D eigenvalue weighted by Crippen LogP contribution is -2.32. The second-order valence-corrected chi connectivity index (χ2v) is 10.3. The standard InChI is InChI=1S/C32H27F3N4O4/c1-4-41-26(40)11-8-18-6-5-7-22-28(18)42-15-13-32(22,2)31-37-30(39(3)38-31)21-16-19(9-10-23(21)33)43-29-24(34)17-25-20(27(29)35)12-14-36-25/h5-12,14,16-17,36H,4,13,15H2,1-3H3/b11-8+/t32-/m1/s1. The fraction of sp³-hybridized carbons (Fsp3) is 0.219.